The smallest absolute Gasteiger partial charge is 0.0830 e. The molecule has 1 rings (SSSR count). The predicted octanol–water partition coefficient (Wildman–Crippen LogP) is 1.45. The average Bonchev–Trinajstić information content (AvgIpc) is 2.34. The van der Waals surface area contributed by atoms with Gasteiger partial charge in [0.2, 0.25) is 0 Å². The van der Waals surface area contributed by atoms with Gasteiger partial charge in [0.1, 0.15) is 0 Å². The van der Waals surface area contributed by atoms with E-state index in [1.165, 1.54) is 0 Å². The lowest BCUT2D eigenvalue weighted by Gasteiger charge is -2.10. The lowest BCUT2D eigenvalue weighted by Crippen LogP contribution is -2.15. The van der Waals surface area contributed by atoms with Crippen LogP contribution in [-0.4, -0.2) is 25.9 Å². The summed E-state index contributed by atoms with van der Waals surface area (Å²) >= 11 is 0. The Labute approximate surface area is 62.5 Å². The third-order valence-electron chi connectivity index (χ3n) is 1.55. The van der Waals surface area contributed by atoms with Crippen LogP contribution in [0.4, 0.5) is 0 Å². The second-order valence-electron chi connectivity index (χ2n) is 3.21. The Balaban J connectivity index is 2.01. The highest BCUT2D eigenvalue weighted by Crippen LogP contribution is 2.09. The molecule has 0 N–H and O–H groups in total. The van der Waals surface area contributed by atoms with Gasteiger partial charge in [-0.25, -0.2) is 0 Å². The minimum atomic E-state index is 0.377. The second kappa shape index (κ2) is 3.94. The fourth-order valence-corrected chi connectivity index (χ4v) is 0.973. The highest BCUT2D eigenvalue weighted by molar-refractivity contribution is 4.62. The van der Waals surface area contributed by atoms with Crippen LogP contribution in [0.25, 0.3) is 0 Å². The van der Waals surface area contributed by atoms with Crippen molar-refractivity contribution in [3.8, 4) is 0 Å². The maximum atomic E-state index is 5.54. The normalized spacial score (nSPS) is 26.1. The summed E-state index contributed by atoms with van der Waals surface area (Å²) in [6.45, 7) is 6.87. The Morgan fingerprint density at radius 3 is 2.90 bits per heavy atom. The van der Waals surface area contributed by atoms with Crippen LogP contribution in [0.5, 0.6) is 0 Å². The van der Waals surface area contributed by atoms with E-state index in [0.717, 1.165) is 26.2 Å². The van der Waals surface area contributed by atoms with E-state index in [1.807, 2.05) is 0 Å². The monoisotopic (exact) mass is 144 g/mol. The molecule has 1 saturated heterocycles. The summed E-state index contributed by atoms with van der Waals surface area (Å²) in [6, 6.07) is 0. The Kier molecular flexibility index (Phi) is 3.16. The van der Waals surface area contributed by atoms with Gasteiger partial charge >= 0.3 is 0 Å². The zero-order valence-corrected chi connectivity index (χ0v) is 6.80. The molecule has 0 aliphatic carbocycles. The molecule has 10 heavy (non-hydrogen) atoms. The molecule has 1 atom stereocenters. The molecule has 0 amide bonds. The van der Waals surface area contributed by atoms with E-state index in [9.17, 15) is 0 Å². The van der Waals surface area contributed by atoms with Gasteiger partial charge in [-0.1, -0.05) is 13.8 Å². The van der Waals surface area contributed by atoms with Gasteiger partial charge in [-0.15, -0.1) is 0 Å². The van der Waals surface area contributed by atoms with Gasteiger partial charge in [-0.05, 0) is 12.3 Å². The molecule has 2 heteroatoms. The molecule has 0 radical (unpaired) electrons. The van der Waals surface area contributed by atoms with Crippen LogP contribution in [0.2, 0.25) is 0 Å². The molecular weight excluding hydrogens is 128 g/mol. The van der Waals surface area contributed by atoms with E-state index in [-0.39, 0.29) is 0 Å². The largest absolute Gasteiger partial charge is 0.379 e. The predicted molar refractivity (Wildman–Crippen MR) is 40.0 cm³/mol. The number of hydrogen-bond acceptors (Lipinski definition) is 2. The van der Waals surface area contributed by atoms with Crippen LogP contribution in [0.1, 0.15) is 20.3 Å². The summed E-state index contributed by atoms with van der Waals surface area (Å²) < 4.78 is 10.7. The Hall–Kier alpha value is -0.0800. The van der Waals surface area contributed by atoms with E-state index in [2.05, 4.69) is 13.8 Å². The molecule has 0 aromatic rings. The molecule has 1 aliphatic heterocycles. The molecule has 0 bridgehead atoms. The minimum absolute atomic E-state index is 0.377. The van der Waals surface area contributed by atoms with Crippen molar-refractivity contribution in [1.82, 2.24) is 0 Å². The lowest BCUT2D eigenvalue weighted by atomic mass is 10.2. The van der Waals surface area contributed by atoms with Crippen LogP contribution < -0.4 is 0 Å². The summed E-state index contributed by atoms with van der Waals surface area (Å²) in [6.07, 6.45) is 1.45. The first-order valence-electron chi connectivity index (χ1n) is 3.98. The fraction of sp³-hybridized carbons (Fsp3) is 1.00. The molecule has 0 aromatic heterocycles. The van der Waals surface area contributed by atoms with Gasteiger partial charge in [-0.2, -0.15) is 0 Å². The highest BCUT2D eigenvalue weighted by Gasteiger charge is 2.15. The van der Waals surface area contributed by atoms with Crippen LogP contribution in [0.3, 0.4) is 0 Å². The number of rotatable bonds is 3. The van der Waals surface area contributed by atoms with Gasteiger partial charge in [0, 0.05) is 13.2 Å². The van der Waals surface area contributed by atoms with E-state index < -0.39 is 0 Å². The molecule has 0 aromatic carbocycles. The van der Waals surface area contributed by atoms with E-state index in [4.69, 9.17) is 9.47 Å². The summed E-state index contributed by atoms with van der Waals surface area (Å²) in [5.74, 6) is 0.639. The Morgan fingerprint density at radius 1 is 1.60 bits per heavy atom. The van der Waals surface area contributed by atoms with Crippen LogP contribution in [0, 0.1) is 5.92 Å². The summed E-state index contributed by atoms with van der Waals surface area (Å²) in [5.41, 5.74) is 0. The molecular formula is C8H16O2. The zero-order chi connectivity index (χ0) is 7.40. The van der Waals surface area contributed by atoms with E-state index >= 15 is 0 Å². The van der Waals surface area contributed by atoms with Crippen molar-refractivity contribution in [1.29, 1.82) is 0 Å². The van der Waals surface area contributed by atoms with E-state index in [0.29, 0.717) is 12.0 Å². The highest BCUT2D eigenvalue weighted by atomic mass is 16.5. The van der Waals surface area contributed by atoms with Crippen LogP contribution >= 0.6 is 0 Å². The lowest BCUT2D eigenvalue weighted by molar-refractivity contribution is 0.0280. The van der Waals surface area contributed by atoms with Gasteiger partial charge in [0.15, 0.2) is 0 Å². The maximum Gasteiger partial charge on any atom is 0.0830 e. The summed E-state index contributed by atoms with van der Waals surface area (Å²) in [7, 11) is 0. The molecule has 1 heterocycles. The van der Waals surface area contributed by atoms with E-state index in [1.54, 1.807) is 0 Å². The molecule has 0 saturated carbocycles. The van der Waals surface area contributed by atoms with Crippen molar-refractivity contribution >= 4 is 0 Å². The third kappa shape index (κ3) is 2.67. The van der Waals surface area contributed by atoms with Crippen LogP contribution in [0.15, 0.2) is 0 Å². The molecule has 60 valence electrons. The molecule has 1 unspecified atom stereocenters. The van der Waals surface area contributed by atoms with Crippen molar-refractivity contribution in [3.63, 3.8) is 0 Å². The third-order valence-corrected chi connectivity index (χ3v) is 1.55. The fourth-order valence-electron chi connectivity index (χ4n) is 0.973. The number of ether oxygens (including phenoxy) is 2. The zero-order valence-electron chi connectivity index (χ0n) is 6.80. The SMILES string of the molecule is CC(C)COC1CCOC1. The topological polar surface area (TPSA) is 18.5 Å². The Bertz CT molecular complexity index is 85.3. The molecule has 2 nitrogen and oxygen atoms in total. The van der Waals surface area contributed by atoms with Crippen molar-refractivity contribution in [2.75, 3.05) is 19.8 Å². The second-order valence-corrected chi connectivity index (χ2v) is 3.21. The molecule has 1 fully saturated rings. The standard InChI is InChI=1S/C8H16O2/c1-7(2)5-10-8-3-4-9-6-8/h7-8H,3-6H2,1-2H3. The number of hydrogen-bond donors (Lipinski definition) is 0. The van der Waals surface area contributed by atoms with Crippen molar-refractivity contribution in [2.24, 2.45) is 5.92 Å². The van der Waals surface area contributed by atoms with Gasteiger partial charge in [-0.3, -0.25) is 0 Å². The molecule has 0 spiro atoms. The first-order valence-corrected chi connectivity index (χ1v) is 3.98. The molecule has 1 aliphatic rings. The Morgan fingerprint density at radius 2 is 2.40 bits per heavy atom. The van der Waals surface area contributed by atoms with Crippen molar-refractivity contribution in [3.05, 3.63) is 0 Å². The quantitative estimate of drug-likeness (QED) is 0.597. The van der Waals surface area contributed by atoms with Gasteiger partial charge in [0.05, 0.1) is 12.7 Å². The summed E-state index contributed by atoms with van der Waals surface area (Å²) in [5, 5.41) is 0. The van der Waals surface area contributed by atoms with Crippen LogP contribution in [-0.2, 0) is 9.47 Å². The maximum absolute atomic E-state index is 5.54. The van der Waals surface area contributed by atoms with Gasteiger partial charge < -0.3 is 9.47 Å². The summed E-state index contributed by atoms with van der Waals surface area (Å²) in [4.78, 5) is 0. The minimum Gasteiger partial charge on any atom is -0.379 e. The van der Waals surface area contributed by atoms with Gasteiger partial charge in [0.25, 0.3) is 0 Å². The average molecular weight is 144 g/mol. The first-order chi connectivity index (χ1) is 4.79. The first kappa shape index (κ1) is 8.02. The van der Waals surface area contributed by atoms with Crippen molar-refractivity contribution in [2.45, 2.75) is 26.4 Å². The van der Waals surface area contributed by atoms with Crippen molar-refractivity contribution < 1.29 is 9.47 Å².